The van der Waals surface area contributed by atoms with E-state index in [0.29, 0.717) is 12.2 Å². The Hall–Kier alpha value is -1.19. The molecule has 0 radical (unpaired) electrons. The van der Waals surface area contributed by atoms with Crippen LogP contribution in [0, 0.1) is 0 Å². The minimum Gasteiger partial charge on any atom is -0.377 e. The third kappa shape index (κ3) is 6.85. The van der Waals surface area contributed by atoms with Crippen LogP contribution in [0.2, 0.25) is 0 Å². The highest BCUT2D eigenvalue weighted by atomic mass is 35.5. The van der Waals surface area contributed by atoms with E-state index in [4.69, 9.17) is 10.5 Å². The summed E-state index contributed by atoms with van der Waals surface area (Å²) in [6.45, 7) is 2.55. The molecule has 4 N–H and O–H groups in total. The molecule has 0 saturated carbocycles. The van der Waals surface area contributed by atoms with Gasteiger partial charge in [0, 0.05) is 19.7 Å². The van der Waals surface area contributed by atoms with Crippen LogP contribution in [0.3, 0.4) is 0 Å². The Balaban J connectivity index is 0.00000338. The van der Waals surface area contributed by atoms with E-state index in [9.17, 15) is 13.2 Å². The largest absolute Gasteiger partial charge is 0.377 e. The zero-order valence-corrected chi connectivity index (χ0v) is 16.6. The number of nitrogens with two attached hydrogens (primary N) is 1. The van der Waals surface area contributed by atoms with Gasteiger partial charge in [-0.1, -0.05) is 30.3 Å². The average Bonchev–Trinajstić information content (AvgIpc) is 2.61. The number of rotatable bonds is 8. The van der Waals surface area contributed by atoms with Crippen LogP contribution >= 0.6 is 12.4 Å². The third-order valence-electron chi connectivity index (χ3n) is 4.31. The first-order valence-electron chi connectivity index (χ1n) is 8.53. The zero-order chi connectivity index (χ0) is 18.3. The summed E-state index contributed by atoms with van der Waals surface area (Å²) in [5, 5.41) is 2.60. The second kappa shape index (κ2) is 10.2. The molecule has 2 unspecified atom stereocenters. The van der Waals surface area contributed by atoms with Gasteiger partial charge in [0.25, 0.3) is 0 Å². The summed E-state index contributed by atoms with van der Waals surface area (Å²) in [4.78, 5) is 12.3. The fourth-order valence-electron chi connectivity index (χ4n) is 2.66. The van der Waals surface area contributed by atoms with Crippen molar-refractivity contribution >= 4 is 28.3 Å². The standard InChI is InChI=1S/C17H27N3O4S.ClH/c1-17(18,14-7-3-2-4-8-14)16(21)19-10-12-25(22,23)20-13-15-9-5-6-11-24-15;/h2-4,7-8,15,20H,5-6,9-13,18H2,1H3,(H,19,21);1H. The van der Waals surface area contributed by atoms with Crippen LogP contribution in [0.5, 0.6) is 0 Å². The Morgan fingerprint density at radius 1 is 1.31 bits per heavy atom. The zero-order valence-electron chi connectivity index (χ0n) is 14.9. The average molecular weight is 406 g/mol. The van der Waals surface area contributed by atoms with Crippen LogP contribution in [0.25, 0.3) is 0 Å². The Kier molecular flexibility index (Phi) is 8.99. The van der Waals surface area contributed by atoms with E-state index in [2.05, 4.69) is 10.0 Å². The minimum atomic E-state index is -3.47. The molecule has 1 fully saturated rings. The van der Waals surface area contributed by atoms with E-state index in [-0.39, 0.29) is 37.4 Å². The molecule has 1 aromatic rings. The second-order valence-electron chi connectivity index (χ2n) is 6.48. The first kappa shape index (κ1) is 22.9. The maximum Gasteiger partial charge on any atom is 0.244 e. The van der Waals surface area contributed by atoms with Crippen molar-refractivity contribution in [3.8, 4) is 0 Å². The number of nitrogens with one attached hydrogen (secondary N) is 2. The molecule has 1 aromatic carbocycles. The number of hydrogen-bond acceptors (Lipinski definition) is 5. The quantitative estimate of drug-likeness (QED) is 0.594. The van der Waals surface area contributed by atoms with Gasteiger partial charge >= 0.3 is 0 Å². The van der Waals surface area contributed by atoms with Gasteiger partial charge in [-0.05, 0) is 31.7 Å². The van der Waals surface area contributed by atoms with E-state index in [1.165, 1.54) is 0 Å². The highest BCUT2D eigenvalue weighted by molar-refractivity contribution is 7.89. The van der Waals surface area contributed by atoms with Crippen LogP contribution in [0.4, 0.5) is 0 Å². The molecule has 7 nitrogen and oxygen atoms in total. The molecule has 0 spiro atoms. The molecule has 1 aliphatic rings. The normalized spacial score (nSPS) is 19.8. The SMILES string of the molecule is CC(N)(C(=O)NCCS(=O)(=O)NCC1CCCCO1)c1ccccc1.Cl. The summed E-state index contributed by atoms with van der Waals surface area (Å²) in [5.41, 5.74) is 5.55. The maximum atomic E-state index is 12.3. The molecule has 2 rings (SSSR count). The molecular formula is C17H28ClN3O4S. The number of amides is 1. The summed E-state index contributed by atoms with van der Waals surface area (Å²) in [6.07, 6.45) is 2.87. The molecular weight excluding hydrogens is 378 g/mol. The molecule has 1 heterocycles. The lowest BCUT2D eigenvalue weighted by atomic mass is 9.92. The highest BCUT2D eigenvalue weighted by Crippen LogP contribution is 2.17. The van der Waals surface area contributed by atoms with Crippen LogP contribution in [-0.4, -0.2) is 45.9 Å². The topological polar surface area (TPSA) is 111 Å². The van der Waals surface area contributed by atoms with Gasteiger partial charge < -0.3 is 15.8 Å². The van der Waals surface area contributed by atoms with Gasteiger partial charge in [-0.25, -0.2) is 13.1 Å². The monoisotopic (exact) mass is 405 g/mol. The van der Waals surface area contributed by atoms with E-state index >= 15 is 0 Å². The highest BCUT2D eigenvalue weighted by Gasteiger charge is 2.30. The van der Waals surface area contributed by atoms with Gasteiger partial charge in [0.05, 0.1) is 11.9 Å². The van der Waals surface area contributed by atoms with Gasteiger partial charge in [-0.2, -0.15) is 0 Å². The minimum absolute atomic E-state index is 0. The smallest absolute Gasteiger partial charge is 0.244 e. The van der Waals surface area contributed by atoms with E-state index in [0.717, 1.165) is 19.3 Å². The van der Waals surface area contributed by atoms with Gasteiger partial charge in [-0.3, -0.25) is 4.79 Å². The fourth-order valence-corrected chi connectivity index (χ4v) is 3.61. The van der Waals surface area contributed by atoms with Crippen LogP contribution in [0.1, 0.15) is 31.7 Å². The molecule has 1 aliphatic heterocycles. The predicted octanol–water partition coefficient (Wildman–Crippen LogP) is 0.887. The van der Waals surface area contributed by atoms with Gasteiger partial charge in [-0.15, -0.1) is 12.4 Å². The Morgan fingerprint density at radius 3 is 2.62 bits per heavy atom. The molecule has 26 heavy (non-hydrogen) atoms. The second-order valence-corrected chi connectivity index (χ2v) is 8.41. The van der Waals surface area contributed by atoms with Crippen molar-refractivity contribution in [2.24, 2.45) is 5.73 Å². The third-order valence-corrected chi connectivity index (χ3v) is 5.65. The summed E-state index contributed by atoms with van der Waals surface area (Å²) >= 11 is 0. The number of benzene rings is 1. The molecule has 0 bridgehead atoms. The summed E-state index contributed by atoms with van der Waals surface area (Å²) < 4.78 is 32.1. The Labute approximate surface area is 161 Å². The van der Waals surface area contributed by atoms with Crippen LogP contribution in [-0.2, 0) is 25.1 Å². The van der Waals surface area contributed by atoms with Crippen molar-refractivity contribution in [1.82, 2.24) is 10.0 Å². The predicted molar refractivity (Wildman–Crippen MR) is 104 cm³/mol. The van der Waals surface area contributed by atoms with Crippen molar-refractivity contribution in [3.63, 3.8) is 0 Å². The van der Waals surface area contributed by atoms with Crippen molar-refractivity contribution < 1.29 is 17.9 Å². The fraction of sp³-hybridized carbons (Fsp3) is 0.588. The Bertz CT molecular complexity index is 662. The summed E-state index contributed by atoms with van der Waals surface area (Å²) in [5.74, 6) is -0.611. The first-order valence-corrected chi connectivity index (χ1v) is 10.2. The summed E-state index contributed by atoms with van der Waals surface area (Å²) in [7, 11) is -3.47. The van der Waals surface area contributed by atoms with Crippen molar-refractivity contribution in [2.75, 3.05) is 25.4 Å². The lowest BCUT2D eigenvalue weighted by molar-refractivity contribution is -0.125. The van der Waals surface area contributed by atoms with Crippen LogP contribution < -0.4 is 15.8 Å². The molecule has 9 heteroatoms. The molecule has 148 valence electrons. The van der Waals surface area contributed by atoms with E-state index in [1.807, 2.05) is 6.07 Å². The van der Waals surface area contributed by atoms with Crippen molar-refractivity contribution in [3.05, 3.63) is 35.9 Å². The molecule has 1 amide bonds. The molecule has 2 atom stereocenters. The van der Waals surface area contributed by atoms with Crippen LogP contribution in [0.15, 0.2) is 30.3 Å². The number of carbonyl (C=O) groups excluding carboxylic acids is 1. The summed E-state index contributed by atoms with van der Waals surface area (Å²) in [6, 6.07) is 8.97. The van der Waals surface area contributed by atoms with E-state index < -0.39 is 21.5 Å². The van der Waals surface area contributed by atoms with Crippen molar-refractivity contribution in [2.45, 2.75) is 37.8 Å². The number of halogens is 1. The lowest BCUT2D eigenvalue weighted by Crippen LogP contribution is -2.50. The van der Waals surface area contributed by atoms with Gasteiger partial charge in [0.15, 0.2) is 0 Å². The number of ether oxygens (including phenoxy) is 1. The number of hydrogen-bond donors (Lipinski definition) is 3. The number of sulfonamides is 1. The van der Waals surface area contributed by atoms with Gasteiger partial charge in [0.1, 0.15) is 5.54 Å². The number of carbonyl (C=O) groups is 1. The molecule has 0 aliphatic carbocycles. The maximum absolute atomic E-state index is 12.3. The van der Waals surface area contributed by atoms with E-state index in [1.54, 1.807) is 31.2 Å². The molecule has 1 saturated heterocycles. The molecule has 0 aromatic heterocycles. The lowest BCUT2D eigenvalue weighted by Gasteiger charge is -2.24. The van der Waals surface area contributed by atoms with Crippen molar-refractivity contribution in [1.29, 1.82) is 0 Å². The Morgan fingerprint density at radius 2 is 2.00 bits per heavy atom. The first-order chi connectivity index (χ1) is 11.8. The van der Waals surface area contributed by atoms with Gasteiger partial charge in [0.2, 0.25) is 15.9 Å².